The maximum atomic E-state index is 11.4. The lowest BCUT2D eigenvalue weighted by atomic mass is 10.4. The lowest BCUT2D eigenvalue weighted by Crippen LogP contribution is -2.29. The molecule has 17 heavy (non-hydrogen) atoms. The molecule has 0 spiro atoms. The summed E-state index contributed by atoms with van der Waals surface area (Å²) in [6, 6.07) is 0. The molecule has 0 aliphatic heterocycles. The smallest absolute Gasteiger partial charge is 0.270 e. The van der Waals surface area contributed by atoms with Gasteiger partial charge >= 0.3 is 0 Å². The Morgan fingerprint density at radius 2 is 2.12 bits per heavy atom. The number of nitrogens with zero attached hydrogens (tertiary/aromatic N) is 1. The number of anilines is 1. The Bertz CT molecular complexity index is 372. The predicted molar refractivity (Wildman–Crippen MR) is 72.3 cm³/mol. The normalized spacial score (nSPS) is 8.59. The molecule has 1 aromatic heterocycles. The van der Waals surface area contributed by atoms with Gasteiger partial charge in [0.1, 0.15) is 5.69 Å². The molecule has 0 bridgehead atoms. The van der Waals surface area contributed by atoms with Gasteiger partial charge in [-0.15, -0.1) is 36.2 Å². The monoisotopic (exact) mass is 300 g/mol. The van der Waals surface area contributed by atoms with Crippen LogP contribution in [0.25, 0.3) is 0 Å². The SMILES string of the molecule is CC(=O)Nc1nc(C(=O)NCCN)cs1.Cl.Cl. The number of hydrogen-bond acceptors (Lipinski definition) is 5. The van der Waals surface area contributed by atoms with Crippen molar-refractivity contribution in [3.05, 3.63) is 11.1 Å². The fourth-order valence-corrected chi connectivity index (χ4v) is 1.60. The number of nitrogens with two attached hydrogens (primary N) is 1. The quantitative estimate of drug-likeness (QED) is 0.760. The van der Waals surface area contributed by atoms with Crippen molar-refractivity contribution < 1.29 is 9.59 Å². The molecule has 0 aromatic carbocycles. The highest BCUT2D eigenvalue weighted by Gasteiger charge is 2.10. The van der Waals surface area contributed by atoms with Crippen molar-refractivity contribution in [2.75, 3.05) is 18.4 Å². The number of nitrogens with one attached hydrogen (secondary N) is 2. The van der Waals surface area contributed by atoms with Crippen LogP contribution in [0, 0.1) is 0 Å². The minimum absolute atomic E-state index is 0. The number of amides is 2. The molecule has 1 rings (SSSR count). The second kappa shape index (κ2) is 9.17. The molecule has 9 heteroatoms. The summed E-state index contributed by atoms with van der Waals surface area (Å²) in [4.78, 5) is 26.0. The second-order valence-electron chi connectivity index (χ2n) is 2.76. The van der Waals surface area contributed by atoms with Crippen LogP contribution >= 0.6 is 36.2 Å². The molecular formula is C8H14Cl2N4O2S. The summed E-state index contributed by atoms with van der Waals surface area (Å²) in [7, 11) is 0. The first-order valence-corrected chi connectivity index (χ1v) is 5.23. The van der Waals surface area contributed by atoms with Crippen LogP contribution in [-0.4, -0.2) is 29.9 Å². The van der Waals surface area contributed by atoms with Gasteiger partial charge in [0.25, 0.3) is 5.91 Å². The number of hydrogen-bond donors (Lipinski definition) is 3. The molecule has 6 nitrogen and oxygen atoms in total. The van der Waals surface area contributed by atoms with E-state index in [1.54, 1.807) is 5.38 Å². The largest absolute Gasteiger partial charge is 0.349 e. The van der Waals surface area contributed by atoms with Gasteiger partial charge in [0.15, 0.2) is 5.13 Å². The van der Waals surface area contributed by atoms with Crippen molar-refractivity contribution in [2.45, 2.75) is 6.92 Å². The molecule has 0 saturated carbocycles. The predicted octanol–water partition coefficient (Wildman–Crippen LogP) is 0.634. The molecule has 4 N–H and O–H groups in total. The highest BCUT2D eigenvalue weighted by Crippen LogP contribution is 2.14. The lowest BCUT2D eigenvalue weighted by Gasteiger charge is -1.99. The van der Waals surface area contributed by atoms with Gasteiger partial charge in [-0.2, -0.15) is 0 Å². The molecule has 0 saturated heterocycles. The van der Waals surface area contributed by atoms with Crippen molar-refractivity contribution in [1.82, 2.24) is 10.3 Å². The number of carbonyl (C=O) groups excluding carboxylic acids is 2. The van der Waals surface area contributed by atoms with Crippen molar-refractivity contribution >= 4 is 53.1 Å². The van der Waals surface area contributed by atoms with Gasteiger partial charge in [0, 0.05) is 25.4 Å². The Morgan fingerprint density at radius 1 is 1.47 bits per heavy atom. The van der Waals surface area contributed by atoms with E-state index in [1.165, 1.54) is 18.3 Å². The Kier molecular flexibility index (Phi) is 9.97. The van der Waals surface area contributed by atoms with Crippen LogP contribution in [0.2, 0.25) is 0 Å². The lowest BCUT2D eigenvalue weighted by molar-refractivity contribution is -0.114. The summed E-state index contributed by atoms with van der Waals surface area (Å²) in [5.41, 5.74) is 5.53. The summed E-state index contributed by atoms with van der Waals surface area (Å²) >= 11 is 1.20. The van der Waals surface area contributed by atoms with E-state index in [-0.39, 0.29) is 42.3 Å². The molecule has 0 unspecified atom stereocenters. The fourth-order valence-electron chi connectivity index (χ4n) is 0.862. The summed E-state index contributed by atoms with van der Waals surface area (Å²) in [5, 5.41) is 7.08. The van der Waals surface area contributed by atoms with Crippen LogP contribution in [0.15, 0.2) is 5.38 Å². The molecule has 1 heterocycles. The van der Waals surface area contributed by atoms with Gasteiger partial charge < -0.3 is 16.4 Å². The number of carbonyl (C=O) groups is 2. The van der Waals surface area contributed by atoms with Gasteiger partial charge in [-0.05, 0) is 0 Å². The first-order valence-electron chi connectivity index (χ1n) is 4.35. The minimum Gasteiger partial charge on any atom is -0.349 e. The molecule has 2 amide bonds. The summed E-state index contributed by atoms with van der Waals surface area (Å²) in [6.07, 6.45) is 0. The van der Waals surface area contributed by atoms with Crippen molar-refractivity contribution in [2.24, 2.45) is 5.73 Å². The average Bonchev–Trinajstić information content (AvgIpc) is 2.61. The van der Waals surface area contributed by atoms with E-state index < -0.39 is 0 Å². The molecule has 0 atom stereocenters. The molecule has 98 valence electrons. The topological polar surface area (TPSA) is 97.1 Å². The Morgan fingerprint density at radius 3 is 2.65 bits per heavy atom. The minimum atomic E-state index is -0.284. The van der Waals surface area contributed by atoms with E-state index in [9.17, 15) is 9.59 Å². The molecule has 0 aliphatic carbocycles. The van der Waals surface area contributed by atoms with Crippen LogP contribution < -0.4 is 16.4 Å². The van der Waals surface area contributed by atoms with E-state index in [1.807, 2.05) is 0 Å². The van der Waals surface area contributed by atoms with E-state index in [4.69, 9.17) is 5.73 Å². The molecule has 0 fully saturated rings. The number of aromatic nitrogens is 1. The van der Waals surface area contributed by atoms with Crippen LogP contribution in [0.5, 0.6) is 0 Å². The van der Waals surface area contributed by atoms with Gasteiger partial charge in [-0.25, -0.2) is 4.98 Å². The van der Waals surface area contributed by atoms with E-state index in [0.717, 1.165) is 0 Å². The Labute approximate surface area is 115 Å². The van der Waals surface area contributed by atoms with E-state index in [0.29, 0.717) is 18.2 Å². The highest BCUT2D eigenvalue weighted by molar-refractivity contribution is 7.14. The third-order valence-electron chi connectivity index (χ3n) is 1.45. The Hall–Kier alpha value is -0.890. The van der Waals surface area contributed by atoms with Crippen molar-refractivity contribution in [3.63, 3.8) is 0 Å². The van der Waals surface area contributed by atoms with Crippen molar-refractivity contribution in [3.8, 4) is 0 Å². The van der Waals surface area contributed by atoms with Gasteiger partial charge in [0.05, 0.1) is 0 Å². The summed E-state index contributed by atoms with van der Waals surface area (Å²) < 4.78 is 0. The van der Waals surface area contributed by atoms with Crippen LogP contribution in [0.1, 0.15) is 17.4 Å². The third kappa shape index (κ3) is 6.42. The maximum Gasteiger partial charge on any atom is 0.270 e. The van der Waals surface area contributed by atoms with Gasteiger partial charge in [-0.3, -0.25) is 9.59 Å². The molecule has 0 aliphatic rings. The van der Waals surface area contributed by atoms with Crippen LogP contribution in [-0.2, 0) is 4.79 Å². The Balaban J connectivity index is 0. The summed E-state index contributed by atoms with van der Waals surface area (Å²) in [5.74, 6) is -0.494. The molecular weight excluding hydrogens is 287 g/mol. The zero-order valence-electron chi connectivity index (χ0n) is 9.06. The zero-order valence-corrected chi connectivity index (χ0v) is 11.5. The van der Waals surface area contributed by atoms with Gasteiger partial charge in [0.2, 0.25) is 5.91 Å². The van der Waals surface area contributed by atoms with E-state index >= 15 is 0 Å². The van der Waals surface area contributed by atoms with Crippen molar-refractivity contribution in [1.29, 1.82) is 0 Å². The molecule has 0 radical (unpaired) electrons. The van der Waals surface area contributed by atoms with Crippen LogP contribution in [0.3, 0.4) is 0 Å². The second-order valence-corrected chi connectivity index (χ2v) is 3.62. The fraction of sp³-hybridized carbons (Fsp3) is 0.375. The maximum absolute atomic E-state index is 11.4. The average molecular weight is 301 g/mol. The number of thiazole rings is 1. The summed E-state index contributed by atoms with van der Waals surface area (Å²) in [6.45, 7) is 2.18. The third-order valence-corrected chi connectivity index (χ3v) is 2.21. The van der Waals surface area contributed by atoms with Crippen LogP contribution in [0.4, 0.5) is 5.13 Å². The number of rotatable bonds is 4. The zero-order chi connectivity index (χ0) is 11.3. The molecule has 1 aromatic rings. The van der Waals surface area contributed by atoms with E-state index in [2.05, 4.69) is 15.6 Å². The number of halogens is 2. The van der Waals surface area contributed by atoms with Gasteiger partial charge in [-0.1, -0.05) is 0 Å². The standard InChI is InChI=1S/C8H12N4O2S.2ClH/c1-5(13)11-8-12-6(4-15-8)7(14)10-3-2-9;;/h4H,2-3,9H2,1H3,(H,10,14)(H,11,12,13);2*1H. The highest BCUT2D eigenvalue weighted by atomic mass is 35.5. The first-order chi connectivity index (χ1) is 7.13. The first kappa shape index (κ1) is 18.5.